The van der Waals surface area contributed by atoms with E-state index in [1.807, 2.05) is 0 Å². The standard InChI is InChI=1S/C17H23N7O8.Na/c18-11(16(29)30)3-6-14(27)23-12(4-1-9(25)7-21-19)15(28)24-13(17(31)32)5-2-10(26)8-22-20;/h7-8,11-13H,1-6,18H2,(H,23,27)(H,24,28)(H,29,30)(H,31,32);/q;+1/p-1/t11-,12-,13-;/m0./s1. The van der Waals surface area contributed by atoms with Gasteiger partial charge >= 0.3 is 48.0 Å². The van der Waals surface area contributed by atoms with E-state index in [1.54, 1.807) is 0 Å². The van der Waals surface area contributed by atoms with Crippen LogP contribution in [-0.2, 0) is 28.8 Å². The average Bonchev–Trinajstić information content (AvgIpc) is 2.72. The van der Waals surface area contributed by atoms with Gasteiger partial charge < -0.3 is 42.4 Å². The van der Waals surface area contributed by atoms with Gasteiger partial charge in [-0.05, 0) is 19.3 Å². The Labute approximate surface area is 209 Å². The molecule has 15 nitrogen and oxygen atoms in total. The fraction of sp³-hybridized carbons (Fsp3) is 0.529. The van der Waals surface area contributed by atoms with Crippen molar-refractivity contribution in [3.63, 3.8) is 0 Å². The molecule has 0 radical (unpaired) electrons. The second-order valence-electron chi connectivity index (χ2n) is 6.48. The minimum Gasteiger partial charge on any atom is -0.548 e. The molecule has 0 aromatic carbocycles. The summed E-state index contributed by atoms with van der Waals surface area (Å²) >= 11 is 0. The van der Waals surface area contributed by atoms with Crippen LogP contribution in [0.4, 0.5) is 0 Å². The molecule has 0 heterocycles. The monoisotopic (exact) mass is 475 g/mol. The Morgan fingerprint density at radius 2 is 1.36 bits per heavy atom. The number of carboxylic acids is 2. The topological polar surface area (TPSA) is 269 Å². The second-order valence-corrected chi connectivity index (χ2v) is 6.48. The van der Waals surface area contributed by atoms with Gasteiger partial charge in [-0.3, -0.25) is 19.2 Å². The van der Waals surface area contributed by atoms with E-state index in [2.05, 4.69) is 20.2 Å². The molecule has 0 aromatic rings. The average molecular weight is 475 g/mol. The quantitative estimate of drug-likeness (QED) is 0.0713. The van der Waals surface area contributed by atoms with Gasteiger partial charge in [0.2, 0.25) is 23.4 Å². The first-order valence-corrected chi connectivity index (χ1v) is 9.21. The van der Waals surface area contributed by atoms with Crippen LogP contribution in [0.5, 0.6) is 0 Å². The summed E-state index contributed by atoms with van der Waals surface area (Å²) in [6.07, 6.45) is -0.956. The maximum Gasteiger partial charge on any atom is 1.00 e. The molecule has 16 heteroatoms. The molecule has 0 unspecified atom stereocenters. The summed E-state index contributed by atoms with van der Waals surface area (Å²) in [7, 11) is 0. The SMILES string of the molecule is [N-]=[N+]=CC(=O)CC[C@H](NC(=O)[C@H](CCC(=O)C=[N+]=[N-])NC(=O)CC[C@H](N)C(=O)[O-])C(=O)O.[Na+]. The zero-order chi connectivity index (χ0) is 24.7. The van der Waals surface area contributed by atoms with Gasteiger partial charge in [-0.15, -0.1) is 0 Å². The van der Waals surface area contributed by atoms with Crippen molar-refractivity contribution >= 4 is 47.7 Å². The summed E-state index contributed by atoms with van der Waals surface area (Å²) in [6.45, 7) is 0. The Kier molecular flexibility index (Phi) is 17.0. The number of nitrogens with two attached hydrogens (primary N) is 1. The van der Waals surface area contributed by atoms with Crippen LogP contribution in [0.25, 0.3) is 11.1 Å². The molecule has 0 bridgehead atoms. The van der Waals surface area contributed by atoms with Crippen molar-refractivity contribution in [1.29, 1.82) is 0 Å². The van der Waals surface area contributed by atoms with E-state index in [1.165, 1.54) is 0 Å². The van der Waals surface area contributed by atoms with Crippen molar-refractivity contribution in [3.8, 4) is 0 Å². The molecule has 33 heavy (non-hydrogen) atoms. The number of nitrogens with zero attached hydrogens (tertiary/aromatic N) is 4. The van der Waals surface area contributed by atoms with Crippen molar-refractivity contribution in [1.82, 2.24) is 10.6 Å². The summed E-state index contributed by atoms with van der Waals surface area (Å²) in [5.41, 5.74) is 21.9. The van der Waals surface area contributed by atoms with Gasteiger partial charge in [-0.1, -0.05) is 0 Å². The van der Waals surface area contributed by atoms with Crippen LogP contribution in [0.3, 0.4) is 0 Å². The van der Waals surface area contributed by atoms with Crippen LogP contribution in [0.1, 0.15) is 38.5 Å². The van der Waals surface area contributed by atoms with Gasteiger partial charge in [0.15, 0.2) is 0 Å². The van der Waals surface area contributed by atoms with E-state index in [9.17, 15) is 39.0 Å². The third-order valence-corrected chi connectivity index (χ3v) is 4.01. The zero-order valence-corrected chi connectivity index (χ0v) is 19.8. The minimum atomic E-state index is -1.58. The summed E-state index contributed by atoms with van der Waals surface area (Å²) in [4.78, 5) is 74.5. The molecule has 174 valence electrons. The molecule has 5 N–H and O–H groups in total. The Balaban J connectivity index is 0. The van der Waals surface area contributed by atoms with Crippen LogP contribution in [0.15, 0.2) is 0 Å². The fourth-order valence-corrected chi connectivity index (χ4v) is 2.30. The molecule has 0 aliphatic heterocycles. The van der Waals surface area contributed by atoms with Gasteiger partial charge in [-0.2, -0.15) is 9.58 Å². The van der Waals surface area contributed by atoms with Crippen molar-refractivity contribution in [2.45, 2.75) is 56.7 Å². The minimum absolute atomic E-state index is 0. The van der Waals surface area contributed by atoms with Crippen molar-refractivity contribution in [3.05, 3.63) is 11.1 Å². The van der Waals surface area contributed by atoms with Crippen LogP contribution >= 0.6 is 0 Å². The molecule has 0 spiro atoms. The molecule has 0 saturated heterocycles. The van der Waals surface area contributed by atoms with Crippen molar-refractivity contribution < 1.29 is 78.1 Å². The third-order valence-electron chi connectivity index (χ3n) is 4.01. The molecular formula is C17H22N7NaO8. The molecule has 0 saturated carbocycles. The van der Waals surface area contributed by atoms with Gasteiger partial charge in [0.05, 0.1) is 5.97 Å². The van der Waals surface area contributed by atoms with Gasteiger partial charge in [0.1, 0.15) is 12.1 Å². The first-order chi connectivity index (χ1) is 15.0. The molecule has 0 fully saturated rings. The van der Waals surface area contributed by atoms with Crippen LogP contribution in [0.2, 0.25) is 0 Å². The Bertz CT molecular complexity index is 852. The third kappa shape index (κ3) is 14.6. The van der Waals surface area contributed by atoms with Crippen molar-refractivity contribution in [2.24, 2.45) is 5.73 Å². The first kappa shape index (κ1) is 32.1. The fourth-order valence-electron chi connectivity index (χ4n) is 2.30. The number of amides is 2. The number of carbonyl (C=O) groups is 6. The van der Waals surface area contributed by atoms with E-state index >= 15 is 0 Å². The van der Waals surface area contributed by atoms with E-state index in [-0.39, 0.29) is 61.7 Å². The van der Waals surface area contributed by atoms with Crippen LogP contribution in [0, 0.1) is 0 Å². The number of Topliss-reactive ketones (excluding diaryl/α,β-unsaturated/α-hetero) is 2. The number of rotatable bonds is 16. The number of hydrogen-bond acceptors (Lipinski definition) is 8. The number of ketones is 2. The Morgan fingerprint density at radius 1 is 0.879 bits per heavy atom. The number of carboxylic acid groups (broad SMARTS) is 2. The number of aliphatic carboxylic acids is 2. The van der Waals surface area contributed by atoms with Crippen molar-refractivity contribution in [2.75, 3.05) is 0 Å². The van der Waals surface area contributed by atoms with Gasteiger partial charge in [0, 0.05) is 25.3 Å². The molecule has 0 aliphatic carbocycles. The number of hydrogen-bond donors (Lipinski definition) is 4. The summed E-state index contributed by atoms with van der Waals surface area (Å²) in [5, 5.41) is 24.2. The Morgan fingerprint density at radius 3 is 1.79 bits per heavy atom. The summed E-state index contributed by atoms with van der Waals surface area (Å²) < 4.78 is 0. The van der Waals surface area contributed by atoms with Crippen LogP contribution < -0.4 is 51.0 Å². The predicted octanol–water partition coefficient (Wildman–Crippen LogP) is -6.80. The molecular weight excluding hydrogens is 453 g/mol. The summed E-state index contributed by atoms with van der Waals surface area (Å²) in [5.74, 6) is -6.25. The smallest absolute Gasteiger partial charge is 0.548 e. The van der Waals surface area contributed by atoms with Gasteiger partial charge in [0.25, 0.3) is 0 Å². The number of nitrogens with one attached hydrogen (secondary N) is 2. The molecule has 0 aliphatic rings. The Hall–Kier alpha value is -3.06. The number of carbonyl (C=O) groups excluding carboxylic acids is 5. The maximum atomic E-state index is 12.5. The zero-order valence-electron chi connectivity index (χ0n) is 17.8. The van der Waals surface area contributed by atoms with E-state index < -0.39 is 59.9 Å². The van der Waals surface area contributed by atoms with E-state index in [0.717, 1.165) is 0 Å². The van der Waals surface area contributed by atoms with Crippen LogP contribution in [-0.4, -0.2) is 80.6 Å². The maximum absolute atomic E-state index is 12.5. The predicted molar refractivity (Wildman–Crippen MR) is 102 cm³/mol. The second kappa shape index (κ2) is 17.5. The largest absolute Gasteiger partial charge is 1.00 e. The van der Waals surface area contributed by atoms with E-state index in [0.29, 0.717) is 12.4 Å². The van der Waals surface area contributed by atoms with Gasteiger partial charge in [-0.25, -0.2) is 4.79 Å². The molecule has 2 amide bonds. The molecule has 0 aromatic heterocycles. The normalized spacial score (nSPS) is 12.3. The molecule has 0 rings (SSSR count). The first-order valence-electron chi connectivity index (χ1n) is 9.21. The molecule has 3 atom stereocenters. The summed E-state index contributed by atoms with van der Waals surface area (Å²) in [6, 6.07) is -4.37. The van der Waals surface area contributed by atoms with E-state index in [4.69, 9.17) is 16.8 Å².